The number of rotatable bonds is 5. The molecule has 3 rings (SSSR count). The molecule has 0 amide bonds. The fourth-order valence-corrected chi connectivity index (χ4v) is 3.09. The minimum absolute atomic E-state index is 0.202. The average Bonchev–Trinajstić information content (AvgIpc) is 2.98. The molecular formula is C19H15BrClNO4. The Morgan fingerprint density at radius 2 is 2.00 bits per heavy atom. The Labute approximate surface area is 164 Å². The molecule has 5 nitrogen and oxygen atoms in total. The van der Waals surface area contributed by atoms with Crippen LogP contribution in [-0.2, 0) is 9.53 Å². The zero-order valence-corrected chi connectivity index (χ0v) is 16.4. The zero-order chi connectivity index (χ0) is 18.7. The number of aliphatic imine (C=N–C) groups is 1. The van der Waals surface area contributed by atoms with Crippen LogP contribution in [0.2, 0.25) is 5.02 Å². The van der Waals surface area contributed by atoms with E-state index in [4.69, 9.17) is 25.8 Å². The lowest BCUT2D eigenvalue weighted by Crippen LogP contribution is -2.05. The van der Waals surface area contributed by atoms with Crippen LogP contribution in [0.5, 0.6) is 11.5 Å². The molecule has 0 saturated carbocycles. The Bertz CT molecular complexity index is 907. The number of carbonyl (C=O) groups excluding carboxylic acids is 1. The molecule has 2 aromatic rings. The minimum atomic E-state index is -0.515. The Kier molecular flexibility index (Phi) is 5.64. The minimum Gasteiger partial charge on any atom is -0.493 e. The maximum absolute atomic E-state index is 12.1. The molecule has 0 saturated heterocycles. The van der Waals surface area contributed by atoms with E-state index in [2.05, 4.69) is 20.9 Å². The van der Waals surface area contributed by atoms with E-state index in [1.165, 1.54) is 0 Å². The normalized spacial score (nSPS) is 15.0. The number of hydrogen-bond acceptors (Lipinski definition) is 5. The van der Waals surface area contributed by atoms with Gasteiger partial charge in [0.25, 0.3) is 0 Å². The van der Waals surface area contributed by atoms with Gasteiger partial charge < -0.3 is 14.2 Å². The SMILES string of the molecule is CCOc1c(Br)cc(C=C2N=C(c3ccc(Cl)cc3)OC2=O)cc1OC. The van der Waals surface area contributed by atoms with Crippen molar-refractivity contribution in [3.05, 3.63) is 62.7 Å². The summed E-state index contributed by atoms with van der Waals surface area (Å²) < 4.78 is 16.9. The van der Waals surface area contributed by atoms with E-state index in [0.717, 1.165) is 10.0 Å². The van der Waals surface area contributed by atoms with Crippen molar-refractivity contribution in [2.24, 2.45) is 4.99 Å². The number of methoxy groups -OCH3 is 1. The highest BCUT2D eigenvalue weighted by Gasteiger charge is 2.24. The monoisotopic (exact) mass is 435 g/mol. The zero-order valence-electron chi connectivity index (χ0n) is 14.1. The molecular weight excluding hydrogens is 422 g/mol. The Morgan fingerprint density at radius 3 is 2.65 bits per heavy atom. The largest absolute Gasteiger partial charge is 0.493 e. The second-order valence-corrected chi connectivity index (χ2v) is 6.60. The second kappa shape index (κ2) is 7.93. The van der Waals surface area contributed by atoms with Gasteiger partial charge in [-0.25, -0.2) is 9.79 Å². The number of cyclic esters (lactones) is 1. The highest BCUT2D eigenvalue weighted by Crippen LogP contribution is 2.37. The van der Waals surface area contributed by atoms with E-state index >= 15 is 0 Å². The Balaban J connectivity index is 1.95. The van der Waals surface area contributed by atoms with Crippen LogP contribution in [0.1, 0.15) is 18.1 Å². The van der Waals surface area contributed by atoms with E-state index in [1.807, 2.05) is 13.0 Å². The van der Waals surface area contributed by atoms with E-state index in [0.29, 0.717) is 28.7 Å². The Hall–Kier alpha value is -2.31. The van der Waals surface area contributed by atoms with Crippen molar-refractivity contribution in [2.45, 2.75) is 6.92 Å². The van der Waals surface area contributed by atoms with E-state index in [9.17, 15) is 4.79 Å². The van der Waals surface area contributed by atoms with Crippen molar-refractivity contribution >= 4 is 45.5 Å². The maximum Gasteiger partial charge on any atom is 0.363 e. The summed E-state index contributed by atoms with van der Waals surface area (Å²) in [4.78, 5) is 16.4. The first-order valence-corrected chi connectivity index (χ1v) is 8.97. The van der Waals surface area contributed by atoms with Crippen LogP contribution in [0.25, 0.3) is 6.08 Å². The van der Waals surface area contributed by atoms with Crippen LogP contribution in [0.15, 0.2) is 51.6 Å². The van der Waals surface area contributed by atoms with Crippen molar-refractivity contribution in [3.63, 3.8) is 0 Å². The quantitative estimate of drug-likeness (QED) is 0.496. The molecule has 0 fully saturated rings. The second-order valence-electron chi connectivity index (χ2n) is 5.31. The predicted octanol–water partition coefficient (Wildman–Crippen LogP) is 4.85. The molecule has 0 N–H and O–H groups in total. The number of halogens is 2. The smallest absolute Gasteiger partial charge is 0.363 e. The summed E-state index contributed by atoms with van der Waals surface area (Å²) in [6.07, 6.45) is 1.63. The fourth-order valence-electron chi connectivity index (χ4n) is 2.39. The summed E-state index contributed by atoms with van der Waals surface area (Å²) >= 11 is 9.34. The summed E-state index contributed by atoms with van der Waals surface area (Å²) in [6, 6.07) is 10.5. The van der Waals surface area contributed by atoms with Crippen molar-refractivity contribution in [2.75, 3.05) is 13.7 Å². The van der Waals surface area contributed by atoms with Crippen molar-refractivity contribution in [1.82, 2.24) is 0 Å². The van der Waals surface area contributed by atoms with Crippen molar-refractivity contribution in [3.8, 4) is 11.5 Å². The summed E-state index contributed by atoms with van der Waals surface area (Å²) in [5.41, 5.74) is 1.61. The summed E-state index contributed by atoms with van der Waals surface area (Å²) in [5, 5.41) is 0.598. The van der Waals surface area contributed by atoms with Crippen LogP contribution in [0, 0.1) is 0 Å². The third-order valence-corrected chi connectivity index (χ3v) is 4.40. The topological polar surface area (TPSA) is 57.1 Å². The number of esters is 1. The highest BCUT2D eigenvalue weighted by molar-refractivity contribution is 9.10. The molecule has 1 heterocycles. The first-order valence-electron chi connectivity index (χ1n) is 7.80. The highest BCUT2D eigenvalue weighted by atomic mass is 79.9. The summed E-state index contributed by atoms with van der Waals surface area (Å²) in [6.45, 7) is 2.40. The average molecular weight is 437 g/mol. The molecule has 0 aromatic heterocycles. The van der Waals surface area contributed by atoms with Gasteiger partial charge in [-0.2, -0.15) is 0 Å². The predicted molar refractivity (Wildman–Crippen MR) is 104 cm³/mol. The molecule has 0 aliphatic carbocycles. The number of benzene rings is 2. The standard InChI is InChI=1S/C19H15BrClNO4/c1-3-25-17-14(20)8-11(10-16(17)24-2)9-15-19(23)26-18(22-15)12-4-6-13(21)7-5-12/h4-10H,3H2,1-2H3. The van der Waals surface area contributed by atoms with Gasteiger partial charge in [0.05, 0.1) is 18.2 Å². The Morgan fingerprint density at radius 1 is 1.27 bits per heavy atom. The number of ether oxygens (including phenoxy) is 3. The maximum atomic E-state index is 12.1. The van der Waals surface area contributed by atoms with Crippen LogP contribution in [0.4, 0.5) is 0 Å². The van der Waals surface area contributed by atoms with Crippen molar-refractivity contribution in [1.29, 1.82) is 0 Å². The van der Waals surface area contributed by atoms with Crippen LogP contribution in [-0.4, -0.2) is 25.6 Å². The summed E-state index contributed by atoms with van der Waals surface area (Å²) in [5.74, 6) is 0.895. The van der Waals surface area contributed by atoms with Crippen LogP contribution < -0.4 is 9.47 Å². The van der Waals surface area contributed by atoms with Gasteiger partial charge in [0.1, 0.15) is 0 Å². The molecule has 26 heavy (non-hydrogen) atoms. The third kappa shape index (κ3) is 3.92. The first-order chi connectivity index (χ1) is 12.5. The van der Waals surface area contributed by atoms with Gasteiger partial charge in [-0.05, 0) is 70.9 Å². The summed E-state index contributed by atoms with van der Waals surface area (Å²) in [7, 11) is 1.56. The molecule has 0 atom stereocenters. The van der Waals surface area contributed by atoms with Gasteiger partial charge in [0, 0.05) is 10.6 Å². The van der Waals surface area contributed by atoms with Gasteiger partial charge in [-0.1, -0.05) is 11.6 Å². The number of nitrogens with zero attached hydrogens (tertiary/aromatic N) is 1. The molecule has 0 unspecified atom stereocenters. The van der Waals surface area contributed by atoms with Gasteiger partial charge in [-0.3, -0.25) is 0 Å². The molecule has 1 aliphatic heterocycles. The van der Waals surface area contributed by atoms with E-state index in [-0.39, 0.29) is 11.6 Å². The molecule has 134 valence electrons. The number of hydrogen-bond donors (Lipinski definition) is 0. The lowest BCUT2D eigenvalue weighted by Gasteiger charge is -2.12. The van der Waals surface area contributed by atoms with Gasteiger partial charge in [-0.15, -0.1) is 0 Å². The van der Waals surface area contributed by atoms with Crippen LogP contribution >= 0.6 is 27.5 Å². The molecule has 2 aromatic carbocycles. The fraction of sp³-hybridized carbons (Fsp3) is 0.158. The van der Waals surface area contributed by atoms with Gasteiger partial charge in [0.2, 0.25) is 5.90 Å². The third-order valence-electron chi connectivity index (χ3n) is 3.56. The lowest BCUT2D eigenvalue weighted by atomic mass is 10.1. The molecule has 7 heteroatoms. The van der Waals surface area contributed by atoms with Gasteiger partial charge >= 0.3 is 5.97 Å². The molecule has 0 bridgehead atoms. The number of carbonyl (C=O) groups is 1. The molecule has 1 aliphatic rings. The van der Waals surface area contributed by atoms with E-state index in [1.54, 1.807) is 43.5 Å². The van der Waals surface area contributed by atoms with Gasteiger partial charge in [0.15, 0.2) is 17.2 Å². The molecule has 0 radical (unpaired) electrons. The van der Waals surface area contributed by atoms with Crippen molar-refractivity contribution < 1.29 is 19.0 Å². The molecule has 0 spiro atoms. The van der Waals surface area contributed by atoms with Crippen LogP contribution in [0.3, 0.4) is 0 Å². The lowest BCUT2D eigenvalue weighted by molar-refractivity contribution is -0.129. The van der Waals surface area contributed by atoms with E-state index < -0.39 is 5.97 Å². The first kappa shape index (κ1) is 18.5.